The number of nitrogens with zero attached hydrogens (tertiary/aromatic N) is 2. The summed E-state index contributed by atoms with van der Waals surface area (Å²) < 4.78 is 0. The van der Waals surface area contributed by atoms with E-state index in [0.29, 0.717) is 0 Å². The molecule has 0 unspecified atom stereocenters. The minimum Gasteiger partial charge on any atom is -0.303 e. The van der Waals surface area contributed by atoms with E-state index < -0.39 is 0 Å². The zero-order chi connectivity index (χ0) is 14.5. The normalized spacial score (nSPS) is 24.9. The summed E-state index contributed by atoms with van der Waals surface area (Å²) in [5, 5.41) is 0. The van der Waals surface area contributed by atoms with Gasteiger partial charge in [0.1, 0.15) is 0 Å². The Morgan fingerprint density at radius 3 is 1.95 bits per heavy atom. The van der Waals surface area contributed by atoms with Crippen LogP contribution in [0.15, 0.2) is 0 Å². The maximum atomic E-state index is 2.73. The predicted molar refractivity (Wildman–Crippen MR) is 88.1 cm³/mol. The van der Waals surface area contributed by atoms with Gasteiger partial charge in [0.25, 0.3) is 0 Å². The fourth-order valence-corrected chi connectivity index (χ4v) is 3.97. The van der Waals surface area contributed by atoms with Crippen LogP contribution >= 0.6 is 0 Å². The Labute approximate surface area is 126 Å². The molecule has 2 saturated heterocycles. The van der Waals surface area contributed by atoms with Crippen molar-refractivity contribution in [3.8, 4) is 0 Å². The van der Waals surface area contributed by atoms with Crippen LogP contribution in [0.25, 0.3) is 0 Å². The smallest absolute Gasteiger partial charge is 0.00385 e. The Kier molecular flexibility index (Phi) is 6.35. The summed E-state index contributed by atoms with van der Waals surface area (Å²) in [6, 6.07) is 0.742. The van der Waals surface area contributed by atoms with Crippen LogP contribution in [0.3, 0.4) is 0 Å². The van der Waals surface area contributed by atoms with Crippen molar-refractivity contribution in [1.29, 1.82) is 0 Å². The van der Waals surface area contributed by atoms with Gasteiger partial charge in [-0.05, 0) is 96.4 Å². The van der Waals surface area contributed by atoms with Gasteiger partial charge in [-0.2, -0.15) is 0 Å². The molecule has 2 heterocycles. The molecular weight excluding hydrogens is 244 g/mol. The Hall–Kier alpha value is -0.0800. The average Bonchev–Trinajstić information content (AvgIpc) is 2.46. The molecule has 0 aliphatic carbocycles. The van der Waals surface area contributed by atoms with Crippen molar-refractivity contribution >= 4 is 0 Å². The predicted octanol–water partition coefficient (Wildman–Crippen LogP) is 3.86. The summed E-state index contributed by atoms with van der Waals surface area (Å²) in [5.74, 6) is 2.87. The van der Waals surface area contributed by atoms with Gasteiger partial charge in [0.2, 0.25) is 0 Å². The molecule has 0 saturated carbocycles. The molecule has 0 bridgehead atoms. The summed E-state index contributed by atoms with van der Waals surface area (Å²) in [5.41, 5.74) is 0. The van der Waals surface area contributed by atoms with Crippen LogP contribution in [-0.2, 0) is 0 Å². The molecule has 0 radical (unpaired) electrons. The number of piperidine rings is 2. The third kappa shape index (κ3) is 4.73. The molecule has 2 aliphatic rings. The number of hydrogen-bond acceptors (Lipinski definition) is 2. The fraction of sp³-hybridized carbons (Fsp3) is 1.00. The minimum absolute atomic E-state index is 0.742. The molecule has 0 aromatic heterocycles. The van der Waals surface area contributed by atoms with Crippen molar-refractivity contribution in [3.05, 3.63) is 0 Å². The van der Waals surface area contributed by atoms with Crippen LogP contribution in [-0.4, -0.2) is 48.6 Å². The molecule has 0 amide bonds. The van der Waals surface area contributed by atoms with Crippen LogP contribution in [0.4, 0.5) is 0 Å². The summed E-state index contributed by atoms with van der Waals surface area (Å²) in [4.78, 5) is 5.37. The lowest BCUT2D eigenvalue weighted by Crippen LogP contribution is -2.40. The van der Waals surface area contributed by atoms with Gasteiger partial charge in [-0.15, -0.1) is 0 Å². The molecule has 0 atom stereocenters. The second-order valence-corrected chi connectivity index (χ2v) is 7.78. The van der Waals surface area contributed by atoms with Crippen molar-refractivity contribution in [2.75, 3.05) is 32.7 Å². The molecule has 2 fully saturated rings. The molecule has 2 heteroatoms. The van der Waals surface area contributed by atoms with Crippen LogP contribution in [0, 0.1) is 17.8 Å². The van der Waals surface area contributed by atoms with E-state index in [1.807, 2.05) is 0 Å². The molecular formula is C18H36N2. The molecule has 2 rings (SSSR count). The van der Waals surface area contributed by atoms with E-state index in [0.717, 1.165) is 23.8 Å². The van der Waals surface area contributed by atoms with Gasteiger partial charge < -0.3 is 9.80 Å². The van der Waals surface area contributed by atoms with E-state index in [1.165, 1.54) is 64.8 Å². The molecule has 0 spiro atoms. The third-order valence-electron chi connectivity index (χ3n) is 5.81. The van der Waals surface area contributed by atoms with Gasteiger partial charge in [0.05, 0.1) is 0 Å². The van der Waals surface area contributed by atoms with Gasteiger partial charge in [0, 0.05) is 6.04 Å². The second-order valence-electron chi connectivity index (χ2n) is 7.78. The summed E-state index contributed by atoms with van der Waals surface area (Å²) in [7, 11) is 0. The van der Waals surface area contributed by atoms with Crippen molar-refractivity contribution in [1.82, 2.24) is 9.80 Å². The largest absolute Gasteiger partial charge is 0.303 e. The maximum absolute atomic E-state index is 2.73. The van der Waals surface area contributed by atoms with E-state index in [4.69, 9.17) is 0 Å². The standard InChI is InChI=1S/C18H36N2/c1-15(2)18-8-11-19(12-9-18)10-5-17-6-13-20(14-7-17)16(3)4/h15-18H,5-14H2,1-4H3. The lowest BCUT2D eigenvalue weighted by atomic mass is 9.86. The summed E-state index contributed by atoms with van der Waals surface area (Å²) >= 11 is 0. The van der Waals surface area contributed by atoms with Crippen LogP contribution in [0.5, 0.6) is 0 Å². The summed E-state index contributed by atoms with van der Waals surface area (Å²) in [6.07, 6.45) is 7.17. The van der Waals surface area contributed by atoms with Crippen LogP contribution < -0.4 is 0 Å². The molecule has 118 valence electrons. The number of hydrogen-bond donors (Lipinski definition) is 0. The number of rotatable bonds is 5. The van der Waals surface area contributed by atoms with Crippen molar-refractivity contribution in [2.45, 2.75) is 65.8 Å². The average molecular weight is 281 g/mol. The lowest BCUT2D eigenvalue weighted by molar-refractivity contribution is 0.120. The topological polar surface area (TPSA) is 6.48 Å². The SMILES string of the molecule is CC(C)C1CCN(CCC2CCN(C(C)C)CC2)CC1. The summed E-state index contributed by atoms with van der Waals surface area (Å²) in [6.45, 7) is 16.2. The molecule has 0 aromatic rings. The Bertz CT molecular complexity index is 231. The van der Waals surface area contributed by atoms with Crippen molar-refractivity contribution in [3.63, 3.8) is 0 Å². The molecule has 0 aromatic carbocycles. The lowest BCUT2D eigenvalue weighted by Gasteiger charge is -2.37. The molecule has 20 heavy (non-hydrogen) atoms. The molecule has 0 N–H and O–H groups in total. The zero-order valence-electron chi connectivity index (χ0n) is 14.3. The monoisotopic (exact) mass is 280 g/mol. The molecule has 2 nitrogen and oxygen atoms in total. The van der Waals surface area contributed by atoms with Crippen LogP contribution in [0.1, 0.15) is 59.8 Å². The van der Waals surface area contributed by atoms with E-state index in [1.54, 1.807) is 0 Å². The Morgan fingerprint density at radius 1 is 0.850 bits per heavy atom. The Balaban J connectivity index is 1.60. The van der Waals surface area contributed by atoms with E-state index in [2.05, 4.69) is 37.5 Å². The third-order valence-corrected chi connectivity index (χ3v) is 5.81. The zero-order valence-corrected chi connectivity index (χ0v) is 14.3. The Morgan fingerprint density at radius 2 is 1.45 bits per heavy atom. The highest BCUT2D eigenvalue weighted by atomic mass is 15.2. The first kappa shape index (κ1) is 16.3. The maximum Gasteiger partial charge on any atom is 0.00385 e. The first-order valence-corrected chi connectivity index (χ1v) is 9.02. The first-order valence-electron chi connectivity index (χ1n) is 9.02. The van der Waals surface area contributed by atoms with Crippen molar-refractivity contribution < 1.29 is 0 Å². The number of likely N-dealkylation sites (tertiary alicyclic amines) is 2. The van der Waals surface area contributed by atoms with E-state index in [9.17, 15) is 0 Å². The van der Waals surface area contributed by atoms with E-state index in [-0.39, 0.29) is 0 Å². The highest BCUT2D eigenvalue weighted by molar-refractivity contribution is 4.78. The van der Waals surface area contributed by atoms with Gasteiger partial charge >= 0.3 is 0 Å². The van der Waals surface area contributed by atoms with Gasteiger partial charge in [0.15, 0.2) is 0 Å². The highest BCUT2D eigenvalue weighted by Gasteiger charge is 2.24. The van der Waals surface area contributed by atoms with Gasteiger partial charge in [-0.1, -0.05) is 13.8 Å². The second kappa shape index (κ2) is 7.79. The quantitative estimate of drug-likeness (QED) is 0.754. The van der Waals surface area contributed by atoms with Gasteiger partial charge in [-0.3, -0.25) is 0 Å². The first-order chi connectivity index (χ1) is 9.56. The van der Waals surface area contributed by atoms with Crippen molar-refractivity contribution in [2.24, 2.45) is 17.8 Å². The van der Waals surface area contributed by atoms with Crippen LogP contribution in [0.2, 0.25) is 0 Å². The van der Waals surface area contributed by atoms with Gasteiger partial charge in [-0.25, -0.2) is 0 Å². The molecule has 2 aliphatic heterocycles. The highest BCUT2D eigenvalue weighted by Crippen LogP contribution is 2.26. The van der Waals surface area contributed by atoms with E-state index >= 15 is 0 Å². The minimum atomic E-state index is 0.742. The fourth-order valence-electron chi connectivity index (χ4n) is 3.97.